The summed E-state index contributed by atoms with van der Waals surface area (Å²) in [5.41, 5.74) is 5.08. The van der Waals surface area contributed by atoms with Gasteiger partial charge in [0.1, 0.15) is 12.4 Å². The molecule has 4 nitrogen and oxygen atoms in total. The second-order valence-electron chi connectivity index (χ2n) is 7.14. The van der Waals surface area contributed by atoms with Crippen LogP contribution in [-0.2, 0) is 6.61 Å². The normalized spacial score (nSPS) is 11.4. The highest BCUT2D eigenvalue weighted by atomic mass is 32.1. The molecule has 31 heavy (non-hydrogen) atoms. The van der Waals surface area contributed by atoms with Gasteiger partial charge in [-0.2, -0.15) is 5.26 Å². The molecule has 0 bridgehead atoms. The van der Waals surface area contributed by atoms with Crippen LogP contribution in [0.1, 0.15) is 36.1 Å². The molecule has 0 spiro atoms. The number of ether oxygens (including phenoxy) is 1. The summed E-state index contributed by atoms with van der Waals surface area (Å²) in [6.07, 6.45) is 3.83. The van der Waals surface area contributed by atoms with E-state index >= 15 is 0 Å². The standard InChI is InChI=1S/C26H21N3OS/c1-3-4-20(11-12-27)21-6-8-22(9-7-21)30-16-19-5-10-25-23(15-19)24(17-31-25)26-18(2)28-13-14-29-26/h5-10,13-15,17,20H,11,16H2,1-2H3/t20-/m0/s1. The number of nitrogens with zero attached hydrogens (tertiary/aromatic N) is 3. The van der Waals surface area contributed by atoms with Crippen molar-refractivity contribution in [3.8, 4) is 34.9 Å². The van der Waals surface area contributed by atoms with E-state index in [0.29, 0.717) is 13.0 Å². The molecular formula is C26H21N3OS. The molecule has 0 aliphatic rings. The number of nitriles is 1. The monoisotopic (exact) mass is 423 g/mol. The first-order valence-corrected chi connectivity index (χ1v) is 10.9. The van der Waals surface area contributed by atoms with Gasteiger partial charge in [-0.1, -0.05) is 24.1 Å². The van der Waals surface area contributed by atoms with E-state index in [9.17, 15) is 0 Å². The summed E-state index contributed by atoms with van der Waals surface area (Å²) in [6.45, 7) is 4.25. The average molecular weight is 424 g/mol. The topological polar surface area (TPSA) is 58.8 Å². The van der Waals surface area contributed by atoms with E-state index in [4.69, 9.17) is 10.00 Å². The lowest BCUT2D eigenvalue weighted by Gasteiger charge is -2.10. The van der Waals surface area contributed by atoms with Crippen molar-refractivity contribution in [1.82, 2.24) is 9.97 Å². The van der Waals surface area contributed by atoms with Crippen molar-refractivity contribution in [2.75, 3.05) is 0 Å². The predicted octanol–water partition coefficient (Wildman–Crippen LogP) is 6.27. The predicted molar refractivity (Wildman–Crippen MR) is 125 cm³/mol. The van der Waals surface area contributed by atoms with Crippen LogP contribution in [0.25, 0.3) is 21.3 Å². The number of fused-ring (bicyclic) bond motifs is 1. The summed E-state index contributed by atoms with van der Waals surface area (Å²) >= 11 is 1.71. The Hall–Kier alpha value is -3.67. The van der Waals surface area contributed by atoms with Crippen LogP contribution >= 0.6 is 11.3 Å². The number of thiophene rings is 1. The first kappa shape index (κ1) is 20.6. The molecule has 0 aliphatic heterocycles. The molecule has 2 heterocycles. The largest absolute Gasteiger partial charge is 0.489 e. The molecule has 2 aromatic carbocycles. The van der Waals surface area contributed by atoms with Gasteiger partial charge < -0.3 is 4.74 Å². The van der Waals surface area contributed by atoms with Crippen molar-refractivity contribution >= 4 is 21.4 Å². The highest BCUT2D eigenvalue weighted by Crippen LogP contribution is 2.34. The smallest absolute Gasteiger partial charge is 0.119 e. The molecule has 2 aromatic heterocycles. The molecule has 1 atom stereocenters. The van der Waals surface area contributed by atoms with Crippen molar-refractivity contribution in [2.45, 2.75) is 32.8 Å². The van der Waals surface area contributed by atoms with Crippen LogP contribution in [0.2, 0.25) is 0 Å². The molecular weight excluding hydrogens is 402 g/mol. The molecule has 0 N–H and O–H groups in total. The van der Waals surface area contributed by atoms with Crippen molar-refractivity contribution in [3.05, 3.63) is 77.1 Å². The second kappa shape index (κ2) is 9.43. The second-order valence-corrected chi connectivity index (χ2v) is 8.05. The highest BCUT2D eigenvalue weighted by molar-refractivity contribution is 7.17. The first-order chi connectivity index (χ1) is 15.2. The van der Waals surface area contributed by atoms with Crippen LogP contribution in [0.3, 0.4) is 0 Å². The third-order valence-corrected chi connectivity index (χ3v) is 6.04. The van der Waals surface area contributed by atoms with Crippen LogP contribution in [0.4, 0.5) is 0 Å². The number of benzene rings is 2. The van der Waals surface area contributed by atoms with E-state index in [1.165, 1.54) is 10.1 Å². The van der Waals surface area contributed by atoms with E-state index in [2.05, 4.69) is 51.5 Å². The third kappa shape index (κ3) is 4.58. The quantitative estimate of drug-likeness (QED) is 0.343. The van der Waals surface area contributed by atoms with E-state index in [1.807, 2.05) is 31.2 Å². The fraction of sp³-hybridized carbons (Fsp3) is 0.192. The molecule has 5 heteroatoms. The minimum atomic E-state index is -0.0620. The van der Waals surface area contributed by atoms with Gasteiger partial charge in [-0.05, 0) is 49.2 Å². The number of aryl methyl sites for hydroxylation is 1. The Morgan fingerprint density at radius 3 is 2.65 bits per heavy atom. The van der Waals surface area contributed by atoms with Crippen LogP contribution in [0.15, 0.2) is 60.2 Å². The highest BCUT2D eigenvalue weighted by Gasteiger charge is 2.12. The molecule has 0 saturated carbocycles. The van der Waals surface area contributed by atoms with Gasteiger partial charge in [0.25, 0.3) is 0 Å². The maximum Gasteiger partial charge on any atom is 0.119 e. The van der Waals surface area contributed by atoms with E-state index in [-0.39, 0.29) is 5.92 Å². The van der Waals surface area contributed by atoms with Gasteiger partial charge in [-0.25, -0.2) is 0 Å². The van der Waals surface area contributed by atoms with E-state index in [1.54, 1.807) is 30.7 Å². The average Bonchev–Trinajstić information content (AvgIpc) is 3.21. The molecule has 0 amide bonds. The number of hydrogen-bond donors (Lipinski definition) is 0. The Morgan fingerprint density at radius 2 is 1.90 bits per heavy atom. The summed E-state index contributed by atoms with van der Waals surface area (Å²) in [5.74, 6) is 6.73. The van der Waals surface area contributed by atoms with E-state index < -0.39 is 0 Å². The Kier molecular flexibility index (Phi) is 6.26. The van der Waals surface area contributed by atoms with Gasteiger partial charge in [0.15, 0.2) is 0 Å². The summed E-state index contributed by atoms with van der Waals surface area (Å²) < 4.78 is 7.23. The summed E-state index contributed by atoms with van der Waals surface area (Å²) in [4.78, 5) is 8.90. The molecule has 0 saturated heterocycles. The van der Waals surface area contributed by atoms with Crippen LogP contribution in [0.5, 0.6) is 5.75 Å². The van der Waals surface area contributed by atoms with Gasteiger partial charge in [-0.3, -0.25) is 9.97 Å². The lowest BCUT2D eigenvalue weighted by molar-refractivity contribution is 0.306. The molecule has 4 rings (SSSR count). The molecule has 152 valence electrons. The lowest BCUT2D eigenvalue weighted by Crippen LogP contribution is -1.97. The third-order valence-electron chi connectivity index (χ3n) is 5.08. The minimum absolute atomic E-state index is 0.0620. The SMILES string of the molecule is CC#C[C@@H](CC#N)c1ccc(OCc2ccc3scc(-c4nccnc4C)c3c2)cc1. The summed E-state index contributed by atoms with van der Waals surface area (Å²) in [5, 5.41) is 12.3. The van der Waals surface area contributed by atoms with Gasteiger partial charge in [0.05, 0.1) is 29.8 Å². The molecule has 0 fully saturated rings. The zero-order valence-electron chi connectivity index (χ0n) is 17.4. The van der Waals surface area contributed by atoms with E-state index in [0.717, 1.165) is 33.8 Å². The fourth-order valence-corrected chi connectivity index (χ4v) is 4.43. The van der Waals surface area contributed by atoms with Crippen molar-refractivity contribution in [2.24, 2.45) is 0 Å². The molecule has 4 aromatic rings. The van der Waals surface area contributed by atoms with Crippen molar-refractivity contribution in [1.29, 1.82) is 5.26 Å². The fourth-order valence-electron chi connectivity index (χ4n) is 3.50. The van der Waals surface area contributed by atoms with Gasteiger partial charge >= 0.3 is 0 Å². The summed E-state index contributed by atoms with van der Waals surface area (Å²) in [6, 6.07) is 16.5. The van der Waals surface area contributed by atoms with Crippen molar-refractivity contribution < 1.29 is 4.74 Å². The Bertz CT molecular complexity index is 1310. The van der Waals surface area contributed by atoms with Gasteiger partial charge in [-0.15, -0.1) is 17.3 Å². The number of rotatable bonds is 6. The van der Waals surface area contributed by atoms with Crippen LogP contribution in [0, 0.1) is 30.1 Å². The lowest BCUT2D eigenvalue weighted by atomic mass is 9.97. The van der Waals surface area contributed by atoms with Gasteiger partial charge in [0.2, 0.25) is 0 Å². The molecule has 0 aliphatic carbocycles. The maximum absolute atomic E-state index is 9.01. The summed E-state index contributed by atoms with van der Waals surface area (Å²) in [7, 11) is 0. The zero-order valence-corrected chi connectivity index (χ0v) is 18.2. The zero-order chi connectivity index (χ0) is 21.6. The van der Waals surface area contributed by atoms with Gasteiger partial charge in [0, 0.05) is 33.4 Å². The van der Waals surface area contributed by atoms with Crippen LogP contribution in [-0.4, -0.2) is 9.97 Å². The maximum atomic E-state index is 9.01. The van der Waals surface area contributed by atoms with Crippen molar-refractivity contribution in [3.63, 3.8) is 0 Å². The first-order valence-electron chi connectivity index (χ1n) is 9.99. The van der Waals surface area contributed by atoms with Crippen LogP contribution < -0.4 is 4.74 Å². The Morgan fingerprint density at radius 1 is 1.10 bits per heavy atom. The number of aromatic nitrogens is 2. The number of hydrogen-bond acceptors (Lipinski definition) is 5. The Balaban J connectivity index is 1.52. The molecule has 0 unspecified atom stereocenters. The minimum Gasteiger partial charge on any atom is -0.489 e. The molecule has 0 radical (unpaired) electrons. The Labute approximate surface area is 186 Å².